The molecule has 1 aliphatic rings. The first-order valence-corrected chi connectivity index (χ1v) is 7.47. The number of ether oxygens (including phenoxy) is 2. The largest absolute Gasteiger partial charge is 0.497 e. The van der Waals surface area contributed by atoms with Gasteiger partial charge in [-0.3, -0.25) is 4.79 Å². The van der Waals surface area contributed by atoms with Crippen molar-refractivity contribution in [3.05, 3.63) is 40.7 Å². The van der Waals surface area contributed by atoms with Crippen LogP contribution in [0.4, 0.5) is 5.82 Å². The van der Waals surface area contributed by atoms with Crippen molar-refractivity contribution in [2.45, 2.75) is 0 Å². The summed E-state index contributed by atoms with van der Waals surface area (Å²) in [6.45, 7) is 2.88. The highest BCUT2D eigenvalue weighted by molar-refractivity contribution is 5.81. The zero-order valence-corrected chi connectivity index (χ0v) is 12.7. The van der Waals surface area contributed by atoms with Gasteiger partial charge in [-0.25, -0.2) is 4.98 Å². The summed E-state index contributed by atoms with van der Waals surface area (Å²) in [5.74, 6) is 1.43. The lowest BCUT2D eigenvalue weighted by atomic mass is 10.2. The Hall–Kier alpha value is -2.67. The van der Waals surface area contributed by atoms with Gasteiger partial charge >= 0.3 is 0 Å². The van der Waals surface area contributed by atoms with E-state index in [4.69, 9.17) is 9.47 Å². The fourth-order valence-electron chi connectivity index (χ4n) is 2.75. The highest BCUT2D eigenvalue weighted by atomic mass is 16.5. The standard InChI is InChI=1S/C16H16N4O3/c1-22-11-2-3-12-13(10-11)17-14-4-5-15(18-20(14)16(12)21)19-6-8-23-9-7-19/h2-5,10H,6-9H2,1H3. The summed E-state index contributed by atoms with van der Waals surface area (Å²) in [5.41, 5.74) is 0.950. The van der Waals surface area contributed by atoms with Gasteiger partial charge in [0, 0.05) is 19.2 Å². The summed E-state index contributed by atoms with van der Waals surface area (Å²) >= 11 is 0. The van der Waals surface area contributed by atoms with E-state index in [1.165, 1.54) is 4.52 Å². The molecule has 0 radical (unpaired) electrons. The molecular formula is C16H16N4O3. The predicted molar refractivity (Wildman–Crippen MR) is 86.3 cm³/mol. The normalized spacial score (nSPS) is 15.3. The molecular weight excluding hydrogens is 296 g/mol. The Morgan fingerprint density at radius 2 is 2.00 bits per heavy atom. The van der Waals surface area contributed by atoms with Gasteiger partial charge in [-0.1, -0.05) is 0 Å². The number of fused-ring (bicyclic) bond motifs is 2. The summed E-state index contributed by atoms with van der Waals surface area (Å²) < 4.78 is 11.9. The maximum absolute atomic E-state index is 12.7. The highest BCUT2D eigenvalue weighted by Gasteiger charge is 2.14. The van der Waals surface area contributed by atoms with Crippen molar-refractivity contribution >= 4 is 22.4 Å². The summed E-state index contributed by atoms with van der Waals surface area (Å²) in [5, 5.41) is 5.00. The minimum absolute atomic E-state index is 0.178. The SMILES string of the molecule is COc1ccc2c(=O)n3nc(N4CCOCC4)ccc3nc2c1. The number of hydrogen-bond acceptors (Lipinski definition) is 6. The third-order valence-corrected chi connectivity index (χ3v) is 4.00. The molecule has 2 aromatic heterocycles. The molecule has 0 saturated carbocycles. The van der Waals surface area contributed by atoms with Crippen LogP contribution in [0.25, 0.3) is 16.6 Å². The Labute approximate surface area is 132 Å². The van der Waals surface area contributed by atoms with Crippen molar-refractivity contribution in [3.63, 3.8) is 0 Å². The summed E-state index contributed by atoms with van der Waals surface area (Å²) in [6.07, 6.45) is 0. The molecule has 3 heterocycles. The van der Waals surface area contributed by atoms with Crippen LogP contribution < -0.4 is 15.2 Å². The molecule has 7 nitrogen and oxygen atoms in total. The van der Waals surface area contributed by atoms with Crippen molar-refractivity contribution in [1.82, 2.24) is 14.6 Å². The summed E-state index contributed by atoms with van der Waals surface area (Å²) in [7, 11) is 1.59. The zero-order valence-electron chi connectivity index (χ0n) is 12.7. The smallest absolute Gasteiger partial charge is 0.282 e. The van der Waals surface area contributed by atoms with Crippen molar-refractivity contribution in [1.29, 1.82) is 0 Å². The van der Waals surface area contributed by atoms with E-state index < -0.39 is 0 Å². The average Bonchev–Trinajstić information content (AvgIpc) is 2.62. The first kappa shape index (κ1) is 14.0. The first-order chi connectivity index (χ1) is 11.3. The first-order valence-electron chi connectivity index (χ1n) is 7.47. The maximum Gasteiger partial charge on any atom is 0.282 e. The van der Waals surface area contributed by atoms with E-state index in [1.54, 1.807) is 25.3 Å². The van der Waals surface area contributed by atoms with E-state index in [0.717, 1.165) is 18.9 Å². The molecule has 1 fully saturated rings. The number of anilines is 1. The van der Waals surface area contributed by atoms with Gasteiger partial charge in [0.25, 0.3) is 5.56 Å². The fraction of sp³-hybridized carbons (Fsp3) is 0.312. The van der Waals surface area contributed by atoms with Crippen molar-refractivity contribution < 1.29 is 9.47 Å². The number of nitrogens with zero attached hydrogens (tertiary/aromatic N) is 4. The van der Waals surface area contributed by atoms with Crippen LogP contribution in [0.1, 0.15) is 0 Å². The molecule has 1 aromatic carbocycles. The number of benzene rings is 1. The Balaban J connectivity index is 1.89. The maximum atomic E-state index is 12.7. The molecule has 0 N–H and O–H groups in total. The van der Waals surface area contributed by atoms with Crippen LogP contribution in [0.2, 0.25) is 0 Å². The van der Waals surface area contributed by atoms with E-state index in [2.05, 4.69) is 15.0 Å². The molecule has 1 saturated heterocycles. The van der Waals surface area contributed by atoms with Crippen LogP contribution in [0, 0.1) is 0 Å². The number of aromatic nitrogens is 3. The van der Waals surface area contributed by atoms with Crippen molar-refractivity contribution in [3.8, 4) is 5.75 Å². The van der Waals surface area contributed by atoms with Crippen LogP contribution in [-0.4, -0.2) is 48.0 Å². The van der Waals surface area contributed by atoms with Crippen LogP contribution in [0.15, 0.2) is 35.1 Å². The van der Waals surface area contributed by atoms with Crippen molar-refractivity contribution in [2.75, 3.05) is 38.3 Å². The molecule has 23 heavy (non-hydrogen) atoms. The van der Waals surface area contributed by atoms with E-state index in [0.29, 0.717) is 35.5 Å². The van der Waals surface area contributed by atoms with Gasteiger partial charge < -0.3 is 14.4 Å². The van der Waals surface area contributed by atoms with Gasteiger partial charge in [0.2, 0.25) is 0 Å². The summed E-state index contributed by atoms with van der Waals surface area (Å²) in [6, 6.07) is 8.94. The third-order valence-electron chi connectivity index (χ3n) is 4.00. The predicted octanol–water partition coefficient (Wildman–Crippen LogP) is 1.09. The van der Waals surface area contributed by atoms with Gasteiger partial charge in [0.05, 0.1) is 31.2 Å². The Kier molecular flexibility index (Phi) is 3.34. The lowest BCUT2D eigenvalue weighted by Gasteiger charge is -2.27. The quantitative estimate of drug-likeness (QED) is 0.660. The molecule has 0 unspecified atom stereocenters. The topological polar surface area (TPSA) is 69.0 Å². The minimum atomic E-state index is -0.178. The fourth-order valence-corrected chi connectivity index (χ4v) is 2.75. The number of hydrogen-bond donors (Lipinski definition) is 0. The van der Waals surface area contributed by atoms with E-state index in [1.807, 2.05) is 12.1 Å². The number of morpholine rings is 1. The molecule has 0 atom stereocenters. The average molecular weight is 312 g/mol. The Morgan fingerprint density at radius 3 is 2.78 bits per heavy atom. The molecule has 0 spiro atoms. The van der Waals surface area contributed by atoms with Gasteiger partial charge in [0.15, 0.2) is 5.65 Å². The highest BCUT2D eigenvalue weighted by Crippen LogP contribution is 2.18. The van der Waals surface area contributed by atoms with Gasteiger partial charge in [0.1, 0.15) is 11.6 Å². The zero-order chi connectivity index (χ0) is 15.8. The monoisotopic (exact) mass is 312 g/mol. The lowest BCUT2D eigenvalue weighted by Crippen LogP contribution is -2.37. The lowest BCUT2D eigenvalue weighted by molar-refractivity contribution is 0.122. The van der Waals surface area contributed by atoms with E-state index >= 15 is 0 Å². The second-order valence-corrected chi connectivity index (χ2v) is 5.36. The molecule has 0 bridgehead atoms. The molecule has 118 valence electrons. The van der Waals surface area contributed by atoms with E-state index in [-0.39, 0.29) is 5.56 Å². The van der Waals surface area contributed by atoms with Crippen molar-refractivity contribution in [2.24, 2.45) is 0 Å². The molecule has 0 amide bonds. The molecule has 4 rings (SSSR count). The van der Waals surface area contributed by atoms with Crippen LogP contribution in [0.3, 0.4) is 0 Å². The van der Waals surface area contributed by atoms with E-state index in [9.17, 15) is 4.79 Å². The molecule has 7 heteroatoms. The van der Waals surface area contributed by atoms with Gasteiger partial charge in [-0.2, -0.15) is 4.52 Å². The Bertz CT molecular complexity index is 932. The van der Waals surface area contributed by atoms with Gasteiger partial charge in [-0.05, 0) is 24.3 Å². The van der Waals surface area contributed by atoms with Crippen LogP contribution >= 0.6 is 0 Å². The third kappa shape index (κ3) is 2.39. The van der Waals surface area contributed by atoms with Crippen LogP contribution in [-0.2, 0) is 4.74 Å². The molecule has 1 aliphatic heterocycles. The Morgan fingerprint density at radius 1 is 1.17 bits per heavy atom. The summed E-state index contributed by atoms with van der Waals surface area (Å²) in [4.78, 5) is 19.3. The number of rotatable bonds is 2. The number of methoxy groups -OCH3 is 1. The van der Waals surface area contributed by atoms with Gasteiger partial charge in [-0.15, -0.1) is 5.10 Å². The minimum Gasteiger partial charge on any atom is -0.497 e. The molecule has 3 aromatic rings. The van der Waals surface area contributed by atoms with Crippen LogP contribution in [0.5, 0.6) is 5.75 Å². The second kappa shape index (κ2) is 5.51. The molecule has 0 aliphatic carbocycles. The second-order valence-electron chi connectivity index (χ2n) is 5.36.